The molecule has 0 saturated heterocycles. The first kappa shape index (κ1) is 5.06. The zero-order valence-electron chi connectivity index (χ0n) is 3.88. The van der Waals surface area contributed by atoms with E-state index in [4.69, 9.17) is 11.0 Å². The summed E-state index contributed by atoms with van der Waals surface area (Å²) in [6.07, 6.45) is 0. The lowest BCUT2D eigenvalue weighted by molar-refractivity contribution is 1.40. The van der Waals surface area contributed by atoms with E-state index in [1.807, 2.05) is 6.07 Å². The molecule has 0 fully saturated rings. The molecule has 1 radical (unpaired) electrons. The average molecular weight is 124 g/mol. The Morgan fingerprint density at radius 1 is 1.88 bits per heavy atom. The van der Waals surface area contributed by atoms with Crippen LogP contribution in [0.1, 0.15) is 4.88 Å². The Kier molecular flexibility index (Phi) is 1.14. The predicted octanol–water partition coefficient (Wildman–Crippen LogP) is 0.397. The van der Waals surface area contributed by atoms with E-state index in [2.05, 4.69) is 10.5 Å². The molecular formula is C4H2N3S. The van der Waals surface area contributed by atoms with Crippen LogP contribution in [0.3, 0.4) is 0 Å². The highest BCUT2D eigenvalue weighted by Crippen LogP contribution is 2.11. The Morgan fingerprint density at radius 2 is 2.62 bits per heavy atom. The molecule has 8 heavy (non-hydrogen) atoms. The highest BCUT2D eigenvalue weighted by atomic mass is 32.1. The molecule has 39 valence electrons. The van der Waals surface area contributed by atoms with Gasteiger partial charge < -0.3 is 5.73 Å². The summed E-state index contributed by atoms with van der Waals surface area (Å²) in [7, 11) is 0. The number of nitrogens with zero attached hydrogens (tertiary/aromatic N) is 2. The van der Waals surface area contributed by atoms with Crippen LogP contribution in [0, 0.1) is 16.8 Å². The second-order valence-corrected chi connectivity index (χ2v) is 1.93. The molecule has 1 rings (SSSR count). The van der Waals surface area contributed by atoms with E-state index in [1.54, 1.807) is 0 Å². The number of anilines is 1. The fraction of sp³-hybridized carbons (Fsp3) is 0. The van der Waals surface area contributed by atoms with Gasteiger partial charge in [0.15, 0.2) is 11.3 Å². The average Bonchev–Trinajstić information content (AvgIpc) is 2.14. The summed E-state index contributed by atoms with van der Waals surface area (Å²) >= 11 is 1.13. The van der Waals surface area contributed by atoms with Crippen molar-refractivity contribution >= 4 is 17.2 Å². The van der Waals surface area contributed by atoms with E-state index in [-0.39, 0.29) is 5.82 Å². The Hall–Kier alpha value is -1.08. The number of rotatable bonds is 0. The van der Waals surface area contributed by atoms with E-state index in [0.717, 1.165) is 11.3 Å². The smallest absolute Gasteiger partial charge is 0.156 e. The summed E-state index contributed by atoms with van der Waals surface area (Å²) < 4.78 is 0. The first-order valence-electron chi connectivity index (χ1n) is 1.87. The molecule has 1 aromatic heterocycles. The van der Waals surface area contributed by atoms with E-state index in [0.29, 0.717) is 4.88 Å². The van der Waals surface area contributed by atoms with E-state index in [1.165, 1.54) is 0 Å². The number of aromatic nitrogens is 1. The van der Waals surface area contributed by atoms with Crippen molar-refractivity contribution in [2.45, 2.75) is 0 Å². The number of thiazole rings is 1. The maximum absolute atomic E-state index is 8.23. The largest absolute Gasteiger partial charge is 0.382 e. The van der Waals surface area contributed by atoms with Crippen molar-refractivity contribution in [1.29, 1.82) is 5.26 Å². The lowest BCUT2D eigenvalue weighted by atomic mass is 10.6. The Balaban J connectivity index is 3.15. The van der Waals surface area contributed by atoms with Crippen LogP contribution >= 0.6 is 11.3 Å². The standard InChI is InChI=1S/C4H2N3S/c5-1-3-4(6)7-2-8-3/h6H2. The molecule has 2 N–H and O–H groups in total. The minimum absolute atomic E-state index is 0.275. The monoisotopic (exact) mass is 124 g/mol. The van der Waals surface area contributed by atoms with Crippen molar-refractivity contribution in [2.75, 3.05) is 5.73 Å². The van der Waals surface area contributed by atoms with Gasteiger partial charge in [0, 0.05) is 0 Å². The summed E-state index contributed by atoms with van der Waals surface area (Å²) in [4.78, 5) is 3.97. The molecule has 0 aliphatic heterocycles. The SMILES string of the molecule is N#Cc1s[c]nc1N. The Bertz CT molecular complexity index is 221. The van der Waals surface area contributed by atoms with Crippen LogP contribution in [0.2, 0.25) is 0 Å². The maximum Gasteiger partial charge on any atom is 0.156 e. The molecule has 0 aliphatic rings. The minimum Gasteiger partial charge on any atom is -0.382 e. The summed E-state index contributed by atoms with van der Waals surface area (Å²) in [5.41, 5.74) is 7.69. The quantitative estimate of drug-likeness (QED) is 0.544. The molecule has 0 saturated carbocycles. The topological polar surface area (TPSA) is 62.7 Å². The van der Waals surface area contributed by atoms with E-state index < -0.39 is 0 Å². The lowest BCUT2D eigenvalue weighted by Crippen LogP contribution is -1.85. The van der Waals surface area contributed by atoms with Gasteiger partial charge in [-0.2, -0.15) is 5.26 Å². The number of hydrogen-bond donors (Lipinski definition) is 1. The maximum atomic E-state index is 8.23. The summed E-state index contributed by atoms with van der Waals surface area (Å²) in [5, 5.41) is 8.23. The van der Waals surface area contributed by atoms with Gasteiger partial charge in [0.1, 0.15) is 10.9 Å². The number of nitriles is 1. The first-order valence-corrected chi connectivity index (χ1v) is 2.68. The minimum atomic E-state index is 0.275. The third kappa shape index (κ3) is 0.634. The van der Waals surface area contributed by atoms with Crippen molar-refractivity contribution in [2.24, 2.45) is 0 Å². The number of nitrogen functional groups attached to an aromatic ring is 1. The fourth-order valence-corrected chi connectivity index (χ4v) is 0.732. The van der Waals surface area contributed by atoms with Crippen LogP contribution < -0.4 is 5.73 Å². The molecule has 0 unspecified atom stereocenters. The summed E-state index contributed by atoms with van der Waals surface area (Å²) in [6.45, 7) is 0. The molecule has 0 amide bonds. The second kappa shape index (κ2) is 1.80. The molecule has 4 heteroatoms. The highest BCUT2D eigenvalue weighted by Gasteiger charge is 1.97. The molecule has 0 aliphatic carbocycles. The van der Waals surface area contributed by atoms with Crippen LogP contribution in [-0.2, 0) is 0 Å². The van der Waals surface area contributed by atoms with Crippen LogP contribution in [0.4, 0.5) is 5.82 Å². The van der Waals surface area contributed by atoms with Crippen molar-refractivity contribution < 1.29 is 0 Å². The summed E-state index contributed by atoms with van der Waals surface area (Å²) in [5.74, 6) is 0.275. The molecule has 0 aromatic carbocycles. The summed E-state index contributed by atoms with van der Waals surface area (Å²) in [6, 6.07) is 1.88. The lowest BCUT2D eigenvalue weighted by Gasteiger charge is -1.75. The van der Waals surface area contributed by atoms with E-state index in [9.17, 15) is 0 Å². The van der Waals surface area contributed by atoms with Gasteiger partial charge in [-0.15, -0.1) is 0 Å². The molecule has 0 spiro atoms. The third-order valence-electron chi connectivity index (χ3n) is 0.648. The van der Waals surface area contributed by atoms with Gasteiger partial charge in [0.25, 0.3) is 0 Å². The van der Waals surface area contributed by atoms with Crippen LogP contribution in [0.25, 0.3) is 0 Å². The Labute approximate surface area is 50.4 Å². The van der Waals surface area contributed by atoms with Crippen LogP contribution in [0.15, 0.2) is 0 Å². The van der Waals surface area contributed by atoms with Crippen molar-refractivity contribution in [3.05, 3.63) is 10.4 Å². The van der Waals surface area contributed by atoms with Crippen molar-refractivity contribution in [3.63, 3.8) is 0 Å². The molecule has 3 nitrogen and oxygen atoms in total. The van der Waals surface area contributed by atoms with Crippen molar-refractivity contribution in [1.82, 2.24) is 4.98 Å². The molecule has 0 bridgehead atoms. The van der Waals surface area contributed by atoms with Crippen LogP contribution in [0.5, 0.6) is 0 Å². The van der Waals surface area contributed by atoms with Gasteiger partial charge >= 0.3 is 0 Å². The third-order valence-corrected chi connectivity index (χ3v) is 1.34. The number of nitrogens with two attached hydrogens (primary N) is 1. The normalized spacial score (nSPS) is 8.38. The van der Waals surface area contributed by atoms with Gasteiger partial charge in [-0.1, -0.05) is 11.3 Å². The van der Waals surface area contributed by atoms with Gasteiger partial charge in [-0.25, -0.2) is 4.98 Å². The fourth-order valence-electron chi connectivity index (χ4n) is 0.301. The second-order valence-electron chi connectivity index (χ2n) is 1.13. The Morgan fingerprint density at radius 3 is 2.88 bits per heavy atom. The van der Waals surface area contributed by atoms with Gasteiger partial charge in [0.05, 0.1) is 0 Å². The van der Waals surface area contributed by atoms with Crippen molar-refractivity contribution in [3.8, 4) is 6.07 Å². The van der Waals surface area contributed by atoms with Crippen LogP contribution in [-0.4, -0.2) is 4.98 Å². The molecule has 0 atom stereocenters. The zero-order valence-corrected chi connectivity index (χ0v) is 4.70. The van der Waals surface area contributed by atoms with Gasteiger partial charge in [0.2, 0.25) is 0 Å². The first-order chi connectivity index (χ1) is 3.84. The van der Waals surface area contributed by atoms with Gasteiger partial charge in [-0.05, 0) is 0 Å². The van der Waals surface area contributed by atoms with Gasteiger partial charge in [-0.3, -0.25) is 0 Å². The zero-order chi connectivity index (χ0) is 5.98. The number of hydrogen-bond acceptors (Lipinski definition) is 4. The molecule has 1 aromatic rings. The molecule has 1 heterocycles. The highest BCUT2D eigenvalue weighted by molar-refractivity contribution is 7.10. The predicted molar refractivity (Wildman–Crippen MR) is 30.1 cm³/mol. The molecular weight excluding hydrogens is 122 g/mol. The van der Waals surface area contributed by atoms with E-state index >= 15 is 0 Å².